The molecule has 0 spiro atoms. The maximum Gasteiger partial charge on any atom is 0.419 e. The molecular formula is C14H11F3O2. The molecular weight excluding hydrogens is 257 g/mol. The van der Waals surface area contributed by atoms with Gasteiger partial charge in [-0.25, -0.2) is 0 Å². The molecule has 19 heavy (non-hydrogen) atoms. The Morgan fingerprint density at radius 1 is 1.00 bits per heavy atom. The van der Waals surface area contributed by atoms with Gasteiger partial charge in [0.05, 0.1) is 5.56 Å². The Morgan fingerprint density at radius 2 is 1.68 bits per heavy atom. The molecule has 0 aromatic heterocycles. The summed E-state index contributed by atoms with van der Waals surface area (Å²) in [7, 11) is 0. The van der Waals surface area contributed by atoms with E-state index in [0.717, 1.165) is 23.8 Å². The predicted molar refractivity (Wildman–Crippen MR) is 63.9 cm³/mol. The molecule has 0 atom stereocenters. The van der Waals surface area contributed by atoms with Gasteiger partial charge >= 0.3 is 6.18 Å². The number of ether oxygens (including phenoxy) is 1. The topological polar surface area (TPSA) is 29.5 Å². The molecule has 0 aliphatic heterocycles. The van der Waals surface area contributed by atoms with E-state index < -0.39 is 11.7 Å². The first-order chi connectivity index (χ1) is 8.97. The van der Waals surface area contributed by atoms with Crippen LogP contribution >= 0.6 is 0 Å². The van der Waals surface area contributed by atoms with Gasteiger partial charge in [-0.2, -0.15) is 13.2 Å². The zero-order valence-corrected chi connectivity index (χ0v) is 9.82. The quantitative estimate of drug-likeness (QED) is 0.912. The minimum atomic E-state index is -4.51. The van der Waals surface area contributed by atoms with Crippen LogP contribution in [0, 0.1) is 0 Å². The van der Waals surface area contributed by atoms with Gasteiger partial charge in [-0.05, 0) is 17.7 Å². The fraction of sp³-hybridized carbons (Fsp3) is 0.143. The van der Waals surface area contributed by atoms with Crippen molar-refractivity contribution in [1.29, 1.82) is 0 Å². The molecule has 2 aromatic carbocycles. The lowest BCUT2D eigenvalue weighted by atomic mass is 10.2. The zero-order valence-electron chi connectivity index (χ0n) is 9.82. The summed E-state index contributed by atoms with van der Waals surface area (Å²) in [5.74, 6) is -0.646. The Morgan fingerprint density at radius 3 is 2.32 bits per heavy atom. The third kappa shape index (κ3) is 3.40. The molecule has 0 bridgehead atoms. The normalized spacial score (nSPS) is 11.3. The Hall–Kier alpha value is -2.17. The van der Waals surface area contributed by atoms with Gasteiger partial charge in [-0.1, -0.05) is 30.3 Å². The summed E-state index contributed by atoms with van der Waals surface area (Å²) in [5.41, 5.74) is -0.153. The highest BCUT2D eigenvalue weighted by molar-refractivity contribution is 5.41. The number of rotatable bonds is 3. The number of hydrogen-bond acceptors (Lipinski definition) is 2. The van der Waals surface area contributed by atoms with Crippen LogP contribution in [0.15, 0.2) is 48.5 Å². The molecule has 2 aromatic rings. The number of benzene rings is 2. The van der Waals surface area contributed by atoms with E-state index in [2.05, 4.69) is 0 Å². The molecule has 2 rings (SSSR count). The second kappa shape index (κ2) is 5.22. The van der Waals surface area contributed by atoms with Gasteiger partial charge in [0.1, 0.15) is 18.1 Å². The molecule has 100 valence electrons. The highest BCUT2D eigenvalue weighted by Crippen LogP contribution is 2.38. The van der Waals surface area contributed by atoms with Crippen LogP contribution in [-0.2, 0) is 12.8 Å². The number of aromatic hydroxyl groups is 1. The van der Waals surface area contributed by atoms with E-state index in [4.69, 9.17) is 4.74 Å². The van der Waals surface area contributed by atoms with Gasteiger partial charge in [0, 0.05) is 6.07 Å². The standard InChI is InChI=1S/C14H11F3O2/c15-14(16,17)12-7-6-11(18)8-13(12)19-9-10-4-2-1-3-5-10/h1-8,18H,9H2. The first-order valence-electron chi connectivity index (χ1n) is 5.54. The van der Waals surface area contributed by atoms with Gasteiger partial charge in [-0.3, -0.25) is 0 Å². The molecule has 0 aliphatic rings. The van der Waals surface area contributed by atoms with E-state index in [1.807, 2.05) is 0 Å². The molecule has 0 heterocycles. The molecule has 5 heteroatoms. The minimum absolute atomic E-state index is 0.00731. The molecule has 0 saturated carbocycles. The Kier molecular flexibility index (Phi) is 3.64. The van der Waals surface area contributed by atoms with Crippen LogP contribution in [0.4, 0.5) is 13.2 Å². The second-order valence-electron chi connectivity index (χ2n) is 3.95. The van der Waals surface area contributed by atoms with Crippen molar-refractivity contribution < 1.29 is 23.0 Å². The van der Waals surface area contributed by atoms with Crippen LogP contribution in [-0.4, -0.2) is 5.11 Å². The minimum Gasteiger partial charge on any atom is -0.508 e. The van der Waals surface area contributed by atoms with Crippen molar-refractivity contribution in [3.05, 3.63) is 59.7 Å². The summed E-state index contributed by atoms with van der Waals surface area (Å²) in [6.45, 7) is 0.00731. The Balaban J connectivity index is 2.22. The summed E-state index contributed by atoms with van der Waals surface area (Å²) in [4.78, 5) is 0. The van der Waals surface area contributed by atoms with E-state index in [1.54, 1.807) is 30.3 Å². The van der Waals surface area contributed by atoms with Crippen molar-refractivity contribution >= 4 is 0 Å². The maximum atomic E-state index is 12.7. The fourth-order valence-electron chi connectivity index (χ4n) is 1.60. The van der Waals surface area contributed by atoms with Crippen LogP contribution < -0.4 is 4.74 Å². The summed E-state index contributed by atoms with van der Waals surface area (Å²) in [6.07, 6.45) is -4.51. The van der Waals surface area contributed by atoms with Gasteiger partial charge in [0.15, 0.2) is 0 Å². The maximum absolute atomic E-state index is 12.7. The largest absolute Gasteiger partial charge is 0.508 e. The van der Waals surface area contributed by atoms with E-state index in [-0.39, 0.29) is 18.1 Å². The van der Waals surface area contributed by atoms with Gasteiger partial charge in [0.25, 0.3) is 0 Å². The molecule has 0 radical (unpaired) electrons. The lowest BCUT2D eigenvalue weighted by molar-refractivity contribution is -0.139. The van der Waals surface area contributed by atoms with Crippen molar-refractivity contribution in [3.8, 4) is 11.5 Å². The zero-order chi connectivity index (χ0) is 13.9. The van der Waals surface area contributed by atoms with Gasteiger partial charge in [0.2, 0.25) is 0 Å². The van der Waals surface area contributed by atoms with E-state index in [0.29, 0.717) is 0 Å². The van der Waals surface area contributed by atoms with Gasteiger partial charge in [-0.15, -0.1) is 0 Å². The Bertz CT molecular complexity index is 550. The molecule has 0 fully saturated rings. The van der Waals surface area contributed by atoms with Crippen LogP contribution in [0.1, 0.15) is 11.1 Å². The molecule has 0 aliphatic carbocycles. The highest BCUT2D eigenvalue weighted by atomic mass is 19.4. The monoisotopic (exact) mass is 268 g/mol. The molecule has 1 N–H and O–H groups in total. The van der Waals surface area contributed by atoms with Crippen LogP contribution in [0.2, 0.25) is 0 Å². The van der Waals surface area contributed by atoms with E-state index in [9.17, 15) is 18.3 Å². The van der Waals surface area contributed by atoms with Crippen LogP contribution in [0.3, 0.4) is 0 Å². The molecule has 0 saturated heterocycles. The molecule has 2 nitrogen and oxygen atoms in total. The lowest BCUT2D eigenvalue weighted by Crippen LogP contribution is -2.08. The van der Waals surface area contributed by atoms with E-state index in [1.165, 1.54) is 0 Å². The Labute approximate surface area is 108 Å². The smallest absolute Gasteiger partial charge is 0.419 e. The van der Waals surface area contributed by atoms with E-state index >= 15 is 0 Å². The number of hydrogen-bond donors (Lipinski definition) is 1. The third-order valence-electron chi connectivity index (χ3n) is 2.51. The lowest BCUT2D eigenvalue weighted by Gasteiger charge is -2.14. The number of halogens is 3. The van der Waals surface area contributed by atoms with Crippen LogP contribution in [0.25, 0.3) is 0 Å². The predicted octanol–water partition coefficient (Wildman–Crippen LogP) is 3.99. The van der Waals surface area contributed by atoms with Crippen molar-refractivity contribution in [2.45, 2.75) is 12.8 Å². The van der Waals surface area contributed by atoms with Gasteiger partial charge < -0.3 is 9.84 Å². The van der Waals surface area contributed by atoms with Crippen molar-refractivity contribution in [3.63, 3.8) is 0 Å². The number of alkyl halides is 3. The number of phenolic OH excluding ortho intramolecular Hbond substituents is 1. The number of phenols is 1. The fourth-order valence-corrected chi connectivity index (χ4v) is 1.60. The summed E-state index contributed by atoms with van der Waals surface area (Å²) in [6, 6.07) is 11.6. The first kappa shape index (κ1) is 13.3. The second-order valence-corrected chi connectivity index (χ2v) is 3.95. The van der Waals surface area contributed by atoms with Crippen LogP contribution in [0.5, 0.6) is 11.5 Å². The summed E-state index contributed by atoms with van der Waals surface area (Å²) < 4.78 is 43.4. The molecule has 0 unspecified atom stereocenters. The summed E-state index contributed by atoms with van der Waals surface area (Å²) >= 11 is 0. The third-order valence-corrected chi connectivity index (χ3v) is 2.51. The average molecular weight is 268 g/mol. The van der Waals surface area contributed by atoms with Crippen molar-refractivity contribution in [2.24, 2.45) is 0 Å². The summed E-state index contributed by atoms with van der Waals surface area (Å²) in [5, 5.41) is 9.25. The van der Waals surface area contributed by atoms with Crippen molar-refractivity contribution in [2.75, 3.05) is 0 Å². The highest BCUT2D eigenvalue weighted by Gasteiger charge is 2.34. The average Bonchev–Trinajstić information content (AvgIpc) is 2.36. The van der Waals surface area contributed by atoms with Crippen molar-refractivity contribution in [1.82, 2.24) is 0 Å². The SMILES string of the molecule is Oc1ccc(C(F)(F)F)c(OCc2ccccc2)c1. The molecule has 0 amide bonds. The first-order valence-corrected chi connectivity index (χ1v) is 5.54.